The lowest BCUT2D eigenvalue weighted by atomic mass is 9.91. The largest absolute Gasteiger partial charge is 0.480 e. The maximum atomic E-state index is 12.5. The number of carboxylic acid groups (broad SMARTS) is 1. The van der Waals surface area contributed by atoms with Gasteiger partial charge < -0.3 is 15.3 Å². The number of carboxylic acids is 1. The molecule has 128 valence electrons. The highest BCUT2D eigenvalue weighted by Crippen LogP contribution is 2.25. The lowest BCUT2D eigenvalue weighted by molar-refractivity contribution is -0.138. The van der Waals surface area contributed by atoms with Crippen LogP contribution in [0.25, 0.3) is 0 Å². The summed E-state index contributed by atoms with van der Waals surface area (Å²) in [5.74, 6) is -1.98. The van der Waals surface area contributed by atoms with E-state index in [0.717, 1.165) is 0 Å². The van der Waals surface area contributed by atoms with Crippen LogP contribution in [0, 0.1) is 0 Å². The number of benzene rings is 1. The molecule has 1 heterocycles. The van der Waals surface area contributed by atoms with Gasteiger partial charge >= 0.3 is 12.0 Å². The number of carbonyl (C=O) groups is 4. The average molecular weight is 333 g/mol. The SMILES string of the molecule is CC(C)N(CC(=O)O)C(=O)c1ccc(C2(C)NC(=O)NC2=O)cc1. The summed E-state index contributed by atoms with van der Waals surface area (Å²) in [5.41, 5.74) is -0.365. The molecule has 0 saturated carbocycles. The minimum atomic E-state index is -1.20. The van der Waals surface area contributed by atoms with Gasteiger partial charge in [-0.2, -0.15) is 0 Å². The van der Waals surface area contributed by atoms with Gasteiger partial charge in [0, 0.05) is 11.6 Å². The first-order valence-corrected chi connectivity index (χ1v) is 7.42. The fourth-order valence-electron chi connectivity index (χ4n) is 2.49. The van der Waals surface area contributed by atoms with Crippen LogP contribution in [0.2, 0.25) is 0 Å². The number of aliphatic carboxylic acids is 1. The molecule has 1 unspecified atom stereocenters. The van der Waals surface area contributed by atoms with Crippen LogP contribution in [0.4, 0.5) is 4.79 Å². The van der Waals surface area contributed by atoms with E-state index >= 15 is 0 Å². The van der Waals surface area contributed by atoms with Gasteiger partial charge in [0.2, 0.25) is 0 Å². The second kappa shape index (κ2) is 6.31. The quantitative estimate of drug-likeness (QED) is 0.685. The van der Waals surface area contributed by atoms with E-state index in [0.29, 0.717) is 11.1 Å². The molecule has 24 heavy (non-hydrogen) atoms. The Morgan fingerprint density at radius 3 is 2.21 bits per heavy atom. The van der Waals surface area contributed by atoms with Crippen molar-refractivity contribution >= 4 is 23.8 Å². The highest BCUT2D eigenvalue weighted by atomic mass is 16.4. The lowest BCUT2D eigenvalue weighted by Crippen LogP contribution is -2.41. The minimum Gasteiger partial charge on any atom is -0.480 e. The second-order valence-electron chi connectivity index (χ2n) is 6.03. The minimum absolute atomic E-state index is 0.273. The summed E-state index contributed by atoms with van der Waals surface area (Å²) in [6.45, 7) is 4.63. The smallest absolute Gasteiger partial charge is 0.323 e. The van der Waals surface area contributed by atoms with Gasteiger partial charge in [-0.1, -0.05) is 12.1 Å². The number of imide groups is 1. The van der Waals surface area contributed by atoms with Crippen molar-refractivity contribution in [3.8, 4) is 0 Å². The first-order chi connectivity index (χ1) is 11.1. The van der Waals surface area contributed by atoms with Crippen LogP contribution in [0.1, 0.15) is 36.7 Å². The van der Waals surface area contributed by atoms with E-state index < -0.39 is 35.9 Å². The molecule has 1 aliphatic heterocycles. The standard InChI is InChI=1S/C16H19N3O5/c1-9(2)19(8-12(20)21)13(22)10-4-6-11(7-5-10)16(3)14(23)17-15(24)18-16/h4-7,9H,8H2,1-3H3,(H,20,21)(H2,17,18,23,24). The third kappa shape index (κ3) is 3.22. The Balaban J connectivity index is 2.25. The van der Waals surface area contributed by atoms with E-state index in [4.69, 9.17) is 5.11 Å². The zero-order valence-electron chi connectivity index (χ0n) is 13.6. The van der Waals surface area contributed by atoms with Crippen LogP contribution >= 0.6 is 0 Å². The number of carbonyl (C=O) groups excluding carboxylic acids is 3. The average Bonchev–Trinajstić information content (AvgIpc) is 2.77. The molecule has 8 nitrogen and oxygen atoms in total. The van der Waals surface area contributed by atoms with Gasteiger partial charge in [-0.05, 0) is 38.5 Å². The molecular weight excluding hydrogens is 314 g/mol. The summed E-state index contributed by atoms with van der Waals surface area (Å²) in [4.78, 5) is 47.8. The summed E-state index contributed by atoms with van der Waals surface area (Å²) in [6.07, 6.45) is 0. The van der Waals surface area contributed by atoms with Crippen LogP contribution in [0.15, 0.2) is 24.3 Å². The summed E-state index contributed by atoms with van der Waals surface area (Å²) in [5, 5.41) is 13.6. The second-order valence-corrected chi connectivity index (χ2v) is 6.03. The molecule has 0 aromatic heterocycles. The molecule has 1 aliphatic rings. The Labute approximate surface area is 138 Å². The predicted molar refractivity (Wildman–Crippen MR) is 84.3 cm³/mol. The van der Waals surface area contributed by atoms with Crippen LogP contribution in [-0.2, 0) is 15.1 Å². The first kappa shape index (κ1) is 17.5. The number of urea groups is 1. The molecule has 0 bridgehead atoms. The van der Waals surface area contributed by atoms with E-state index in [1.165, 1.54) is 17.0 Å². The molecule has 1 atom stereocenters. The molecule has 1 aromatic rings. The number of hydrogen-bond acceptors (Lipinski definition) is 4. The number of rotatable bonds is 5. The zero-order valence-corrected chi connectivity index (χ0v) is 13.6. The predicted octanol–water partition coefficient (Wildman–Crippen LogP) is 0.676. The Hall–Kier alpha value is -2.90. The fraction of sp³-hybridized carbons (Fsp3) is 0.375. The van der Waals surface area contributed by atoms with Gasteiger partial charge in [0.1, 0.15) is 12.1 Å². The van der Waals surface area contributed by atoms with Crippen molar-refractivity contribution in [1.29, 1.82) is 0 Å². The molecule has 0 spiro atoms. The normalized spacial score (nSPS) is 19.8. The van der Waals surface area contributed by atoms with Crippen LogP contribution in [0.3, 0.4) is 0 Å². The summed E-state index contributed by atoms with van der Waals surface area (Å²) in [6, 6.07) is 5.31. The van der Waals surface area contributed by atoms with Crippen molar-refractivity contribution in [3.63, 3.8) is 0 Å². The molecule has 0 aliphatic carbocycles. The van der Waals surface area contributed by atoms with Gasteiger partial charge in [0.15, 0.2) is 0 Å². The van der Waals surface area contributed by atoms with Crippen molar-refractivity contribution < 1.29 is 24.3 Å². The third-order valence-corrected chi connectivity index (χ3v) is 3.94. The molecule has 1 aromatic carbocycles. The molecule has 1 saturated heterocycles. The summed E-state index contributed by atoms with van der Waals surface area (Å²) >= 11 is 0. The van der Waals surface area contributed by atoms with Gasteiger partial charge in [-0.15, -0.1) is 0 Å². The molecule has 8 heteroatoms. The van der Waals surface area contributed by atoms with Crippen molar-refractivity contribution in [1.82, 2.24) is 15.5 Å². The third-order valence-electron chi connectivity index (χ3n) is 3.94. The van der Waals surface area contributed by atoms with E-state index in [1.54, 1.807) is 32.9 Å². The van der Waals surface area contributed by atoms with E-state index in [9.17, 15) is 19.2 Å². The molecule has 4 amide bonds. The number of nitrogens with one attached hydrogen (secondary N) is 2. The summed E-state index contributed by atoms with van der Waals surface area (Å²) < 4.78 is 0. The van der Waals surface area contributed by atoms with Gasteiger partial charge in [0.25, 0.3) is 11.8 Å². The van der Waals surface area contributed by atoms with Crippen molar-refractivity contribution in [3.05, 3.63) is 35.4 Å². The van der Waals surface area contributed by atoms with E-state index in [2.05, 4.69) is 10.6 Å². The first-order valence-electron chi connectivity index (χ1n) is 7.42. The monoisotopic (exact) mass is 333 g/mol. The fourth-order valence-corrected chi connectivity index (χ4v) is 2.49. The maximum absolute atomic E-state index is 12.5. The Bertz CT molecular complexity index is 698. The molecule has 1 fully saturated rings. The number of amides is 4. The topological polar surface area (TPSA) is 116 Å². The van der Waals surface area contributed by atoms with Gasteiger partial charge in [-0.3, -0.25) is 19.7 Å². The Morgan fingerprint density at radius 2 is 1.79 bits per heavy atom. The molecule has 3 N–H and O–H groups in total. The number of hydrogen-bond donors (Lipinski definition) is 3. The van der Waals surface area contributed by atoms with Gasteiger partial charge in [0.05, 0.1) is 0 Å². The molecule has 2 rings (SSSR count). The van der Waals surface area contributed by atoms with Crippen molar-refractivity contribution in [2.75, 3.05) is 6.54 Å². The van der Waals surface area contributed by atoms with Crippen molar-refractivity contribution in [2.45, 2.75) is 32.4 Å². The van der Waals surface area contributed by atoms with Crippen molar-refractivity contribution in [2.24, 2.45) is 0 Å². The maximum Gasteiger partial charge on any atom is 0.323 e. The van der Waals surface area contributed by atoms with Crippen LogP contribution < -0.4 is 10.6 Å². The van der Waals surface area contributed by atoms with Crippen LogP contribution in [-0.4, -0.2) is 46.4 Å². The van der Waals surface area contributed by atoms with E-state index in [1.807, 2.05) is 0 Å². The molecule has 0 radical (unpaired) electrons. The lowest BCUT2D eigenvalue weighted by Gasteiger charge is -2.25. The molecular formula is C16H19N3O5. The van der Waals surface area contributed by atoms with E-state index in [-0.39, 0.29) is 6.04 Å². The zero-order chi connectivity index (χ0) is 18.1. The highest BCUT2D eigenvalue weighted by Gasteiger charge is 2.43. The van der Waals surface area contributed by atoms with Gasteiger partial charge in [-0.25, -0.2) is 4.79 Å². The van der Waals surface area contributed by atoms with Crippen LogP contribution in [0.5, 0.6) is 0 Å². The summed E-state index contributed by atoms with van der Waals surface area (Å²) in [7, 11) is 0. The Kier molecular flexibility index (Phi) is 4.59. The highest BCUT2D eigenvalue weighted by molar-refractivity contribution is 6.07. The number of nitrogens with zero attached hydrogens (tertiary/aromatic N) is 1. The Morgan fingerprint density at radius 1 is 1.21 bits per heavy atom.